The first-order chi connectivity index (χ1) is 7.70. The molecule has 4 heteroatoms. The van der Waals surface area contributed by atoms with Crippen LogP contribution in [0.15, 0.2) is 18.5 Å². The van der Waals surface area contributed by atoms with Crippen molar-refractivity contribution in [2.75, 3.05) is 25.0 Å². The van der Waals surface area contributed by atoms with Gasteiger partial charge in [-0.15, -0.1) is 0 Å². The SMILES string of the molecule is CC1(CNc2ccncc2Cl)CCNCC1. The van der Waals surface area contributed by atoms with Gasteiger partial charge >= 0.3 is 0 Å². The molecule has 1 fully saturated rings. The van der Waals surface area contributed by atoms with Gasteiger partial charge in [-0.05, 0) is 37.4 Å². The first-order valence-corrected chi connectivity index (χ1v) is 6.12. The van der Waals surface area contributed by atoms with Crippen LogP contribution < -0.4 is 10.6 Å². The molecule has 0 bridgehead atoms. The van der Waals surface area contributed by atoms with E-state index in [1.54, 1.807) is 12.4 Å². The first-order valence-electron chi connectivity index (χ1n) is 5.74. The van der Waals surface area contributed by atoms with Crippen molar-refractivity contribution in [2.24, 2.45) is 5.41 Å². The van der Waals surface area contributed by atoms with Gasteiger partial charge in [0.1, 0.15) is 0 Å². The molecule has 3 nitrogen and oxygen atoms in total. The summed E-state index contributed by atoms with van der Waals surface area (Å²) in [7, 11) is 0. The predicted octanol–water partition coefficient (Wildman–Crippen LogP) is 2.54. The minimum Gasteiger partial charge on any atom is -0.383 e. The van der Waals surface area contributed by atoms with Crippen LogP contribution in [0.1, 0.15) is 19.8 Å². The molecule has 2 N–H and O–H groups in total. The first kappa shape index (κ1) is 11.7. The van der Waals surface area contributed by atoms with Crippen molar-refractivity contribution >= 4 is 17.3 Å². The lowest BCUT2D eigenvalue weighted by Gasteiger charge is -2.34. The van der Waals surface area contributed by atoms with Crippen LogP contribution in [-0.2, 0) is 0 Å². The average molecular weight is 240 g/mol. The summed E-state index contributed by atoms with van der Waals surface area (Å²) in [6, 6.07) is 1.92. The second kappa shape index (κ2) is 5.02. The van der Waals surface area contributed by atoms with Gasteiger partial charge in [-0.1, -0.05) is 18.5 Å². The highest BCUT2D eigenvalue weighted by atomic mass is 35.5. The quantitative estimate of drug-likeness (QED) is 0.851. The minimum absolute atomic E-state index is 0.373. The van der Waals surface area contributed by atoms with Crippen LogP contribution in [-0.4, -0.2) is 24.6 Å². The van der Waals surface area contributed by atoms with E-state index in [1.807, 2.05) is 6.07 Å². The summed E-state index contributed by atoms with van der Waals surface area (Å²) in [5.74, 6) is 0. The van der Waals surface area contributed by atoms with E-state index < -0.39 is 0 Å². The summed E-state index contributed by atoms with van der Waals surface area (Å²) in [5, 5.41) is 7.50. The zero-order valence-corrected chi connectivity index (χ0v) is 10.3. The van der Waals surface area contributed by atoms with Crippen LogP contribution in [0.25, 0.3) is 0 Å². The molecular formula is C12H18ClN3. The van der Waals surface area contributed by atoms with Gasteiger partial charge in [0.2, 0.25) is 0 Å². The maximum Gasteiger partial charge on any atom is 0.0820 e. The molecule has 0 radical (unpaired) electrons. The Balaban J connectivity index is 1.94. The summed E-state index contributed by atoms with van der Waals surface area (Å²) >= 11 is 6.05. The van der Waals surface area contributed by atoms with Crippen LogP contribution in [0.4, 0.5) is 5.69 Å². The maximum atomic E-state index is 6.05. The second-order valence-electron chi connectivity index (χ2n) is 4.77. The fraction of sp³-hybridized carbons (Fsp3) is 0.583. The molecule has 0 spiro atoms. The van der Waals surface area contributed by atoms with Crippen LogP contribution in [0.5, 0.6) is 0 Å². The molecule has 0 unspecified atom stereocenters. The van der Waals surface area contributed by atoms with Crippen molar-refractivity contribution in [2.45, 2.75) is 19.8 Å². The number of hydrogen-bond donors (Lipinski definition) is 2. The van der Waals surface area contributed by atoms with E-state index in [2.05, 4.69) is 22.5 Å². The van der Waals surface area contributed by atoms with E-state index in [0.29, 0.717) is 10.4 Å². The Morgan fingerprint density at radius 1 is 1.50 bits per heavy atom. The molecule has 0 amide bonds. The molecule has 0 saturated carbocycles. The topological polar surface area (TPSA) is 37.0 Å². The van der Waals surface area contributed by atoms with E-state index in [0.717, 1.165) is 25.3 Å². The van der Waals surface area contributed by atoms with E-state index in [1.165, 1.54) is 12.8 Å². The van der Waals surface area contributed by atoms with Crippen LogP contribution in [0, 0.1) is 5.41 Å². The van der Waals surface area contributed by atoms with Crippen molar-refractivity contribution in [3.05, 3.63) is 23.5 Å². The minimum atomic E-state index is 0.373. The monoisotopic (exact) mass is 239 g/mol. The fourth-order valence-corrected chi connectivity index (χ4v) is 2.22. The number of nitrogens with one attached hydrogen (secondary N) is 2. The van der Waals surface area contributed by atoms with Gasteiger partial charge in [0.15, 0.2) is 0 Å². The van der Waals surface area contributed by atoms with E-state index in [9.17, 15) is 0 Å². The lowest BCUT2D eigenvalue weighted by molar-refractivity contribution is 0.247. The van der Waals surface area contributed by atoms with Gasteiger partial charge in [-0.3, -0.25) is 4.98 Å². The third kappa shape index (κ3) is 2.86. The number of hydrogen-bond acceptors (Lipinski definition) is 3. The number of halogens is 1. The van der Waals surface area contributed by atoms with Gasteiger partial charge in [0.05, 0.1) is 10.7 Å². The predicted molar refractivity (Wildman–Crippen MR) is 67.9 cm³/mol. The molecule has 0 atom stereocenters. The van der Waals surface area contributed by atoms with Gasteiger partial charge in [-0.2, -0.15) is 0 Å². The Kier molecular flexibility index (Phi) is 3.66. The Morgan fingerprint density at radius 2 is 2.25 bits per heavy atom. The second-order valence-corrected chi connectivity index (χ2v) is 5.18. The normalized spacial score (nSPS) is 19.4. The number of aromatic nitrogens is 1. The maximum absolute atomic E-state index is 6.05. The highest BCUT2D eigenvalue weighted by Crippen LogP contribution is 2.29. The van der Waals surface area contributed by atoms with Crippen LogP contribution >= 0.6 is 11.6 Å². The van der Waals surface area contributed by atoms with Crippen molar-refractivity contribution in [3.8, 4) is 0 Å². The third-order valence-corrected chi connectivity index (χ3v) is 3.59. The molecule has 0 aliphatic carbocycles. The van der Waals surface area contributed by atoms with E-state index >= 15 is 0 Å². The highest BCUT2D eigenvalue weighted by molar-refractivity contribution is 6.33. The van der Waals surface area contributed by atoms with Gasteiger partial charge < -0.3 is 10.6 Å². The molecule has 1 aromatic heterocycles. The van der Waals surface area contributed by atoms with E-state index in [-0.39, 0.29) is 0 Å². The van der Waals surface area contributed by atoms with Gasteiger partial charge in [-0.25, -0.2) is 0 Å². The number of rotatable bonds is 3. The molecule has 1 aliphatic heterocycles. The Bertz CT molecular complexity index is 348. The standard InChI is InChI=1S/C12H18ClN3/c1-12(3-6-14-7-4-12)9-16-11-2-5-15-8-10(11)13/h2,5,8,14H,3-4,6-7,9H2,1H3,(H,15,16). The summed E-state index contributed by atoms with van der Waals surface area (Å²) in [4.78, 5) is 3.98. The molecule has 1 aromatic rings. The Labute approximate surface area is 102 Å². The third-order valence-electron chi connectivity index (χ3n) is 3.29. The summed E-state index contributed by atoms with van der Waals surface area (Å²) in [6.07, 6.45) is 5.86. The molecule has 16 heavy (non-hydrogen) atoms. The van der Waals surface area contributed by atoms with Crippen molar-refractivity contribution in [1.82, 2.24) is 10.3 Å². The summed E-state index contributed by atoms with van der Waals surface area (Å²) < 4.78 is 0. The highest BCUT2D eigenvalue weighted by Gasteiger charge is 2.26. The zero-order valence-electron chi connectivity index (χ0n) is 9.59. The van der Waals surface area contributed by atoms with Crippen LogP contribution in [0.3, 0.4) is 0 Å². The zero-order chi connectivity index (χ0) is 11.4. The fourth-order valence-electron chi connectivity index (χ4n) is 2.03. The largest absolute Gasteiger partial charge is 0.383 e. The van der Waals surface area contributed by atoms with Gasteiger partial charge in [0.25, 0.3) is 0 Å². The van der Waals surface area contributed by atoms with E-state index in [4.69, 9.17) is 11.6 Å². The summed E-state index contributed by atoms with van der Waals surface area (Å²) in [6.45, 7) is 5.53. The van der Waals surface area contributed by atoms with Gasteiger partial charge in [0, 0.05) is 18.9 Å². The lowest BCUT2D eigenvalue weighted by Crippen LogP contribution is -2.39. The lowest BCUT2D eigenvalue weighted by atomic mass is 9.81. The average Bonchev–Trinajstić information content (AvgIpc) is 2.29. The molecule has 2 heterocycles. The molecule has 2 rings (SSSR count). The van der Waals surface area contributed by atoms with Crippen molar-refractivity contribution < 1.29 is 0 Å². The summed E-state index contributed by atoms with van der Waals surface area (Å²) in [5.41, 5.74) is 1.36. The number of pyridine rings is 1. The molecule has 1 saturated heterocycles. The van der Waals surface area contributed by atoms with Crippen LogP contribution in [0.2, 0.25) is 5.02 Å². The number of anilines is 1. The smallest absolute Gasteiger partial charge is 0.0820 e. The number of nitrogens with zero attached hydrogens (tertiary/aromatic N) is 1. The molecule has 0 aromatic carbocycles. The Morgan fingerprint density at radius 3 is 2.94 bits per heavy atom. The number of piperidine rings is 1. The Hall–Kier alpha value is -0.800. The van der Waals surface area contributed by atoms with Crippen molar-refractivity contribution in [3.63, 3.8) is 0 Å². The van der Waals surface area contributed by atoms with Crippen molar-refractivity contribution in [1.29, 1.82) is 0 Å². The molecule has 88 valence electrons. The molecule has 1 aliphatic rings. The molecular weight excluding hydrogens is 222 g/mol.